The van der Waals surface area contributed by atoms with Gasteiger partial charge in [0.2, 0.25) is 0 Å². The summed E-state index contributed by atoms with van der Waals surface area (Å²) in [7, 11) is 0. The summed E-state index contributed by atoms with van der Waals surface area (Å²) in [6.07, 6.45) is 1.92. The van der Waals surface area contributed by atoms with Crippen molar-refractivity contribution in [2.24, 2.45) is 5.73 Å². The maximum absolute atomic E-state index is 8.67. The first-order valence-corrected chi connectivity index (χ1v) is 4.15. The Labute approximate surface area is 82.4 Å². The molecule has 13 heavy (non-hydrogen) atoms. The molecule has 4 heteroatoms. The van der Waals surface area contributed by atoms with Crippen molar-refractivity contribution in [3.63, 3.8) is 0 Å². The van der Waals surface area contributed by atoms with Crippen LogP contribution in [0.2, 0.25) is 0 Å². The van der Waals surface area contributed by atoms with Crippen LogP contribution in [0.1, 0.15) is 5.56 Å². The summed E-state index contributed by atoms with van der Waals surface area (Å²) in [5.41, 5.74) is 6.34. The van der Waals surface area contributed by atoms with Gasteiger partial charge in [0.25, 0.3) is 0 Å². The van der Waals surface area contributed by atoms with E-state index in [1.807, 2.05) is 36.5 Å². The third-order valence-corrected chi connectivity index (χ3v) is 1.79. The Morgan fingerprint density at radius 3 is 2.54 bits per heavy atom. The van der Waals surface area contributed by atoms with E-state index >= 15 is 0 Å². The van der Waals surface area contributed by atoms with Crippen molar-refractivity contribution in [2.75, 3.05) is 0 Å². The first kappa shape index (κ1) is 9.49. The summed E-state index contributed by atoms with van der Waals surface area (Å²) in [5, 5.41) is 8.77. The van der Waals surface area contributed by atoms with Gasteiger partial charge in [-0.2, -0.15) is 5.26 Å². The quantitative estimate of drug-likeness (QED) is 0.434. The Morgan fingerprint density at radius 1 is 1.46 bits per heavy atom. The van der Waals surface area contributed by atoms with Gasteiger partial charge in [-0.05, 0) is 17.8 Å². The van der Waals surface area contributed by atoms with Gasteiger partial charge in [0, 0.05) is 0 Å². The van der Waals surface area contributed by atoms with Gasteiger partial charge in [-0.15, -0.1) is 0 Å². The van der Waals surface area contributed by atoms with E-state index < -0.39 is 0 Å². The predicted octanol–water partition coefficient (Wildman–Crippen LogP) is 1.21. The maximum Gasteiger partial charge on any atom is 0.186 e. The summed E-state index contributed by atoms with van der Waals surface area (Å²) < 4.78 is 0. The van der Waals surface area contributed by atoms with Crippen LogP contribution in [0.15, 0.2) is 30.3 Å². The summed E-state index contributed by atoms with van der Waals surface area (Å²) in [6.45, 7) is 0.437. The molecule has 0 aliphatic rings. The molecule has 2 N–H and O–H groups in total. The number of hydrogen-bond donors (Lipinski definition) is 1. The fraction of sp³-hybridized carbons (Fsp3) is 0.111. The summed E-state index contributed by atoms with van der Waals surface area (Å²) >= 11 is 4.70. The SMILES string of the molecule is N#CN(Cc1ccccc1)C(N)=S. The summed E-state index contributed by atoms with van der Waals surface area (Å²) in [6, 6.07) is 9.57. The predicted molar refractivity (Wildman–Crippen MR) is 54.4 cm³/mol. The molecule has 0 unspecified atom stereocenters. The molecule has 0 fully saturated rings. The second kappa shape index (κ2) is 4.43. The molecule has 3 nitrogen and oxygen atoms in total. The molecule has 0 bridgehead atoms. The number of nitrogens with two attached hydrogens (primary N) is 1. The monoisotopic (exact) mass is 191 g/mol. The third-order valence-electron chi connectivity index (χ3n) is 1.57. The van der Waals surface area contributed by atoms with Crippen molar-refractivity contribution in [1.82, 2.24) is 4.90 Å². The Morgan fingerprint density at radius 2 is 2.08 bits per heavy atom. The van der Waals surface area contributed by atoms with Crippen LogP contribution in [0.3, 0.4) is 0 Å². The minimum atomic E-state index is 0.103. The number of nitriles is 1. The standard InChI is InChI=1S/C9H9N3S/c10-7-12(9(11)13)6-8-4-2-1-3-5-8/h1-5H,6H2,(H2,11,13). The van der Waals surface area contributed by atoms with Crippen molar-refractivity contribution < 1.29 is 0 Å². The Balaban J connectivity index is 2.69. The van der Waals surface area contributed by atoms with Gasteiger partial charge >= 0.3 is 0 Å². The molecular weight excluding hydrogens is 182 g/mol. The lowest BCUT2D eigenvalue weighted by molar-refractivity contribution is 0.575. The topological polar surface area (TPSA) is 53.0 Å². The molecule has 66 valence electrons. The molecule has 0 saturated carbocycles. The van der Waals surface area contributed by atoms with Gasteiger partial charge in [0.05, 0.1) is 6.54 Å². The zero-order valence-electron chi connectivity index (χ0n) is 6.97. The van der Waals surface area contributed by atoms with Crippen molar-refractivity contribution in [1.29, 1.82) is 5.26 Å². The van der Waals surface area contributed by atoms with E-state index in [4.69, 9.17) is 23.2 Å². The summed E-state index contributed by atoms with van der Waals surface area (Å²) in [5.74, 6) is 0. The Kier molecular flexibility index (Phi) is 3.23. The van der Waals surface area contributed by atoms with Crippen LogP contribution in [-0.4, -0.2) is 10.0 Å². The minimum Gasteiger partial charge on any atom is -0.375 e. The van der Waals surface area contributed by atoms with Crippen LogP contribution >= 0.6 is 12.2 Å². The van der Waals surface area contributed by atoms with Gasteiger partial charge in [0.15, 0.2) is 11.3 Å². The molecule has 0 saturated heterocycles. The molecule has 0 aliphatic heterocycles. The molecule has 1 rings (SSSR count). The van der Waals surface area contributed by atoms with E-state index in [1.54, 1.807) is 0 Å². The van der Waals surface area contributed by atoms with Crippen LogP contribution in [0, 0.1) is 11.5 Å². The fourth-order valence-electron chi connectivity index (χ4n) is 0.929. The number of rotatable bonds is 2. The van der Waals surface area contributed by atoms with Crippen LogP contribution in [0.25, 0.3) is 0 Å². The van der Waals surface area contributed by atoms with Crippen molar-refractivity contribution >= 4 is 17.3 Å². The number of benzene rings is 1. The average Bonchev–Trinajstić information content (AvgIpc) is 2.15. The third kappa shape index (κ3) is 2.73. The highest BCUT2D eigenvalue weighted by Crippen LogP contribution is 2.02. The average molecular weight is 191 g/mol. The van der Waals surface area contributed by atoms with E-state index in [0.717, 1.165) is 5.56 Å². The maximum atomic E-state index is 8.67. The molecule has 0 atom stereocenters. The molecule has 0 amide bonds. The first-order chi connectivity index (χ1) is 6.24. The summed E-state index contributed by atoms with van der Waals surface area (Å²) in [4.78, 5) is 1.27. The van der Waals surface area contributed by atoms with Gasteiger partial charge in [-0.25, -0.2) is 0 Å². The van der Waals surface area contributed by atoms with Gasteiger partial charge in [-0.1, -0.05) is 30.3 Å². The van der Waals surface area contributed by atoms with Crippen LogP contribution < -0.4 is 5.73 Å². The molecule has 1 aromatic carbocycles. The second-order valence-electron chi connectivity index (χ2n) is 2.51. The molecular formula is C9H9N3S. The molecule has 0 aliphatic carbocycles. The number of thiocarbonyl (C=S) groups is 1. The first-order valence-electron chi connectivity index (χ1n) is 3.74. The lowest BCUT2D eigenvalue weighted by Crippen LogP contribution is -2.30. The number of hydrogen-bond acceptors (Lipinski definition) is 2. The van der Waals surface area contributed by atoms with Crippen molar-refractivity contribution in [3.8, 4) is 6.19 Å². The smallest absolute Gasteiger partial charge is 0.186 e. The highest BCUT2D eigenvalue weighted by atomic mass is 32.1. The zero-order chi connectivity index (χ0) is 9.68. The van der Waals surface area contributed by atoms with E-state index in [9.17, 15) is 0 Å². The largest absolute Gasteiger partial charge is 0.375 e. The number of nitrogens with zero attached hydrogens (tertiary/aromatic N) is 2. The van der Waals surface area contributed by atoms with Gasteiger partial charge in [0.1, 0.15) is 0 Å². The van der Waals surface area contributed by atoms with Crippen molar-refractivity contribution in [3.05, 3.63) is 35.9 Å². The highest BCUT2D eigenvalue weighted by Gasteiger charge is 2.04. The molecule has 0 radical (unpaired) electrons. The van der Waals surface area contributed by atoms with E-state index in [2.05, 4.69) is 0 Å². The lowest BCUT2D eigenvalue weighted by Gasteiger charge is -2.12. The van der Waals surface area contributed by atoms with Crippen LogP contribution in [0.5, 0.6) is 0 Å². The van der Waals surface area contributed by atoms with E-state index in [1.165, 1.54) is 4.90 Å². The molecule has 1 aromatic rings. The van der Waals surface area contributed by atoms with E-state index in [-0.39, 0.29) is 5.11 Å². The van der Waals surface area contributed by atoms with E-state index in [0.29, 0.717) is 6.54 Å². The lowest BCUT2D eigenvalue weighted by atomic mass is 10.2. The minimum absolute atomic E-state index is 0.103. The van der Waals surface area contributed by atoms with Crippen LogP contribution in [-0.2, 0) is 6.54 Å². The second-order valence-corrected chi connectivity index (χ2v) is 2.93. The fourth-order valence-corrected chi connectivity index (χ4v) is 1.03. The zero-order valence-corrected chi connectivity index (χ0v) is 7.79. The van der Waals surface area contributed by atoms with Gasteiger partial charge in [-0.3, -0.25) is 4.90 Å². The molecule has 0 heterocycles. The van der Waals surface area contributed by atoms with Crippen molar-refractivity contribution in [2.45, 2.75) is 6.54 Å². The highest BCUT2D eigenvalue weighted by molar-refractivity contribution is 7.80. The Hall–Kier alpha value is -1.60. The van der Waals surface area contributed by atoms with Crippen LogP contribution in [0.4, 0.5) is 0 Å². The molecule has 0 spiro atoms. The normalized spacial score (nSPS) is 8.85. The Bertz CT molecular complexity index is 328. The van der Waals surface area contributed by atoms with Gasteiger partial charge < -0.3 is 5.73 Å². The molecule has 0 aromatic heterocycles.